The molecule has 2 aromatic carbocycles. The smallest absolute Gasteiger partial charge is 0.285 e. The van der Waals surface area contributed by atoms with Crippen LogP contribution in [0.3, 0.4) is 0 Å². The van der Waals surface area contributed by atoms with Crippen LogP contribution in [0.1, 0.15) is 25.3 Å². The molecule has 30 heavy (non-hydrogen) atoms. The highest BCUT2D eigenvalue weighted by Gasteiger charge is 2.07. The maximum atomic E-state index is 12.2. The van der Waals surface area contributed by atoms with E-state index < -0.39 is 0 Å². The summed E-state index contributed by atoms with van der Waals surface area (Å²) in [7, 11) is 5.01. The Morgan fingerprint density at radius 2 is 1.83 bits per heavy atom. The standard InChI is InChI=1S/C23H28N2O4S/c1-5-6-15-29-20-13-7-17(16-21(20)28-4)8-14-22(26)24-18-9-11-19(12-10-18)30-23(27)25(2)3/h7-14,16H,5-6,15H2,1-4H3,(H,24,26)/b14-8+. The number of carbonyl (C=O) groups is 2. The van der Waals surface area contributed by atoms with Crippen molar-refractivity contribution in [2.75, 3.05) is 33.1 Å². The summed E-state index contributed by atoms with van der Waals surface area (Å²) in [6.45, 7) is 2.75. The van der Waals surface area contributed by atoms with Crippen molar-refractivity contribution in [3.8, 4) is 11.5 Å². The molecule has 0 saturated carbocycles. The summed E-state index contributed by atoms with van der Waals surface area (Å²) in [6.07, 6.45) is 5.23. The number of unbranched alkanes of at least 4 members (excludes halogenated alkanes) is 1. The molecule has 0 aliphatic heterocycles. The molecule has 1 N–H and O–H groups in total. The molecular formula is C23H28N2O4S. The fourth-order valence-electron chi connectivity index (χ4n) is 2.39. The quantitative estimate of drug-likeness (QED) is 0.333. The number of ether oxygens (including phenoxy) is 2. The Balaban J connectivity index is 1.94. The first kappa shape index (κ1) is 23.3. The van der Waals surface area contributed by atoms with Crippen molar-refractivity contribution < 1.29 is 19.1 Å². The summed E-state index contributed by atoms with van der Waals surface area (Å²) in [5.41, 5.74) is 1.49. The zero-order chi connectivity index (χ0) is 21.9. The molecule has 0 aliphatic carbocycles. The SMILES string of the molecule is CCCCOc1ccc(/C=C/C(=O)Nc2ccc(SC(=O)N(C)C)cc2)cc1OC. The predicted octanol–water partition coefficient (Wildman–Crippen LogP) is 5.30. The lowest BCUT2D eigenvalue weighted by Crippen LogP contribution is -2.16. The van der Waals surface area contributed by atoms with E-state index in [4.69, 9.17) is 9.47 Å². The number of hydrogen-bond donors (Lipinski definition) is 1. The number of methoxy groups -OCH3 is 1. The van der Waals surface area contributed by atoms with Crippen LogP contribution in [0, 0.1) is 0 Å². The van der Waals surface area contributed by atoms with Gasteiger partial charge in [0.05, 0.1) is 13.7 Å². The number of benzene rings is 2. The molecule has 2 aromatic rings. The molecule has 0 saturated heterocycles. The van der Waals surface area contributed by atoms with E-state index in [0.717, 1.165) is 35.1 Å². The van der Waals surface area contributed by atoms with Crippen LogP contribution in [0.5, 0.6) is 11.5 Å². The fraction of sp³-hybridized carbons (Fsp3) is 0.304. The van der Waals surface area contributed by atoms with Crippen LogP contribution >= 0.6 is 11.8 Å². The minimum absolute atomic E-state index is 0.0491. The maximum absolute atomic E-state index is 12.2. The Morgan fingerprint density at radius 1 is 1.10 bits per heavy atom. The Labute approximate surface area is 182 Å². The molecule has 0 fully saturated rings. The summed E-state index contributed by atoms with van der Waals surface area (Å²) in [5, 5.41) is 2.75. The Morgan fingerprint density at radius 3 is 2.47 bits per heavy atom. The number of hydrogen-bond acceptors (Lipinski definition) is 5. The Hall–Kier alpha value is -2.93. The van der Waals surface area contributed by atoms with Gasteiger partial charge in [-0.25, -0.2) is 0 Å². The normalized spacial score (nSPS) is 10.7. The van der Waals surface area contributed by atoms with Crippen LogP contribution in [0.25, 0.3) is 6.08 Å². The van der Waals surface area contributed by atoms with E-state index >= 15 is 0 Å². The lowest BCUT2D eigenvalue weighted by atomic mass is 10.2. The second-order valence-electron chi connectivity index (χ2n) is 6.72. The molecule has 0 aromatic heterocycles. The molecule has 160 valence electrons. The molecular weight excluding hydrogens is 400 g/mol. The summed E-state index contributed by atoms with van der Waals surface area (Å²) < 4.78 is 11.1. The molecule has 0 unspecified atom stereocenters. The van der Waals surface area contributed by atoms with Gasteiger partial charge in [-0.3, -0.25) is 9.59 Å². The fourth-order valence-corrected chi connectivity index (χ4v) is 3.04. The summed E-state index contributed by atoms with van der Waals surface area (Å²) in [6, 6.07) is 12.7. The summed E-state index contributed by atoms with van der Waals surface area (Å²) in [5.74, 6) is 1.08. The van der Waals surface area contributed by atoms with Gasteiger partial charge in [0.2, 0.25) is 5.91 Å². The molecule has 6 nitrogen and oxygen atoms in total. The topological polar surface area (TPSA) is 67.9 Å². The predicted molar refractivity (Wildman–Crippen MR) is 122 cm³/mol. The lowest BCUT2D eigenvalue weighted by Gasteiger charge is -2.11. The van der Waals surface area contributed by atoms with E-state index in [1.165, 1.54) is 11.0 Å². The second kappa shape index (κ2) is 11.9. The highest BCUT2D eigenvalue weighted by molar-refractivity contribution is 8.13. The number of thioether (sulfide) groups is 1. The van der Waals surface area contributed by atoms with Gasteiger partial charge in [-0.15, -0.1) is 0 Å². The molecule has 2 rings (SSSR count). The zero-order valence-corrected chi connectivity index (χ0v) is 18.6. The third kappa shape index (κ3) is 7.48. The van der Waals surface area contributed by atoms with E-state index in [1.54, 1.807) is 51.5 Å². The molecule has 7 heteroatoms. The first-order valence-corrected chi connectivity index (χ1v) is 10.5. The van der Waals surface area contributed by atoms with E-state index in [1.807, 2.05) is 18.2 Å². The van der Waals surface area contributed by atoms with Crippen molar-refractivity contribution >= 4 is 34.7 Å². The van der Waals surface area contributed by atoms with Crippen LogP contribution in [-0.2, 0) is 4.79 Å². The van der Waals surface area contributed by atoms with Crippen molar-refractivity contribution in [3.05, 3.63) is 54.1 Å². The monoisotopic (exact) mass is 428 g/mol. The molecule has 0 bridgehead atoms. The third-order valence-corrected chi connectivity index (χ3v) is 5.11. The van der Waals surface area contributed by atoms with Crippen molar-refractivity contribution in [2.45, 2.75) is 24.7 Å². The van der Waals surface area contributed by atoms with Crippen LogP contribution in [0.2, 0.25) is 0 Å². The average molecular weight is 429 g/mol. The van der Waals surface area contributed by atoms with E-state index in [0.29, 0.717) is 23.8 Å². The van der Waals surface area contributed by atoms with Gasteiger partial charge in [0.25, 0.3) is 5.24 Å². The number of amides is 2. The van der Waals surface area contributed by atoms with Crippen molar-refractivity contribution in [2.24, 2.45) is 0 Å². The van der Waals surface area contributed by atoms with Gasteiger partial charge < -0.3 is 19.7 Å². The van der Waals surface area contributed by atoms with Gasteiger partial charge in [-0.2, -0.15) is 0 Å². The zero-order valence-electron chi connectivity index (χ0n) is 17.8. The third-order valence-electron chi connectivity index (χ3n) is 4.06. The van der Waals surface area contributed by atoms with Crippen LogP contribution in [0.15, 0.2) is 53.4 Å². The molecule has 0 heterocycles. The minimum Gasteiger partial charge on any atom is -0.493 e. The van der Waals surface area contributed by atoms with Crippen molar-refractivity contribution in [1.29, 1.82) is 0 Å². The van der Waals surface area contributed by atoms with Gasteiger partial charge in [0.15, 0.2) is 11.5 Å². The van der Waals surface area contributed by atoms with Crippen LogP contribution < -0.4 is 14.8 Å². The number of nitrogens with zero attached hydrogens (tertiary/aromatic N) is 1. The summed E-state index contributed by atoms with van der Waals surface area (Å²) >= 11 is 1.14. The highest BCUT2D eigenvalue weighted by Crippen LogP contribution is 2.29. The Bertz CT molecular complexity index is 879. The molecule has 2 amide bonds. The van der Waals surface area contributed by atoms with Crippen LogP contribution in [-0.4, -0.2) is 43.9 Å². The van der Waals surface area contributed by atoms with Crippen molar-refractivity contribution in [1.82, 2.24) is 4.90 Å². The first-order valence-electron chi connectivity index (χ1n) is 9.72. The van der Waals surface area contributed by atoms with Gasteiger partial charge >= 0.3 is 0 Å². The molecule has 0 spiro atoms. The lowest BCUT2D eigenvalue weighted by molar-refractivity contribution is -0.111. The molecule has 0 atom stereocenters. The van der Waals surface area contributed by atoms with E-state index in [2.05, 4.69) is 12.2 Å². The number of rotatable bonds is 9. The number of nitrogens with one attached hydrogen (secondary N) is 1. The van der Waals surface area contributed by atoms with Gasteiger partial charge in [0.1, 0.15) is 0 Å². The Kier molecular flexibility index (Phi) is 9.28. The largest absolute Gasteiger partial charge is 0.493 e. The summed E-state index contributed by atoms with van der Waals surface area (Å²) in [4.78, 5) is 26.3. The second-order valence-corrected chi connectivity index (χ2v) is 7.75. The number of carbonyl (C=O) groups excluding carboxylic acids is 2. The van der Waals surface area contributed by atoms with E-state index in [9.17, 15) is 9.59 Å². The maximum Gasteiger partial charge on any atom is 0.285 e. The molecule has 0 aliphatic rings. The number of anilines is 1. The highest BCUT2D eigenvalue weighted by atomic mass is 32.2. The average Bonchev–Trinajstić information content (AvgIpc) is 2.74. The van der Waals surface area contributed by atoms with E-state index in [-0.39, 0.29) is 11.1 Å². The minimum atomic E-state index is -0.248. The van der Waals surface area contributed by atoms with Crippen LogP contribution in [0.4, 0.5) is 10.5 Å². The molecule has 0 radical (unpaired) electrons. The van der Waals surface area contributed by atoms with Gasteiger partial charge in [-0.05, 0) is 66.2 Å². The van der Waals surface area contributed by atoms with Gasteiger partial charge in [0, 0.05) is 30.8 Å². The first-order chi connectivity index (χ1) is 14.4. The van der Waals surface area contributed by atoms with Crippen molar-refractivity contribution in [3.63, 3.8) is 0 Å². The van der Waals surface area contributed by atoms with Gasteiger partial charge in [-0.1, -0.05) is 19.4 Å².